The number of fused-ring (bicyclic) bond motifs is 1. The molecule has 15 heavy (non-hydrogen) atoms. The molecule has 0 spiro atoms. The molecule has 0 saturated carbocycles. The molecule has 0 radical (unpaired) electrons. The fraction of sp³-hybridized carbons (Fsp3) is 0.400. The van der Waals surface area contributed by atoms with Crippen molar-refractivity contribution in [2.75, 3.05) is 5.43 Å². The van der Waals surface area contributed by atoms with Gasteiger partial charge in [0, 0.05) is 12.1 Å². The standard InChI is InChI=1S/C10H15N5/c1-3-6(2)8-13-9-7(4-5-12-9)10(14-8)15-11/h4-6H,3,11H2,1-2H3,(H2,12,13,14,15)/t6-/m1/s1. The smallest absolute Gasteiger partial charge is 0.153 e. The summed E-state index contributed by atoms with van der Waals surface area (Å²) in [4.78, 5) is 11.9. The number of nitrogens with zero attached hydrogens (tertiary/aromatic N) is 2. The molecule has 0 saturated heterocycles. The lowest BCUT2D eigenvalue weighted by Crippen LogP contribution is -2.11. The van der Waals surface area contributed by atoms with Gasteiger partial charge in [-0.05, 0) is 12.5 Å². The summed E-state index contributed by atoms with van der Waals surface area (Å²) in [5, 5.41) is 0.921. The van der Waals surface area contributed by atoms with E-state index in [-0.39, 0.29) is 0 Å². The van der Waals surface area contributed by atoms with Crippen molar-refractivity contribution in [1.29, 1.82) is 0 Å². The Morgan fingerprint density at radius 3 is 3.00 bits per heavy atom. The van der Waals surface area contributed by atoms with E-state index >= 15 is 0 Å². The van der Waals surface area contributed by atoms with Crippen molar-refractivity contribution in [3.63, 3.8) is 0 Å². The molecule has 0 unspecified atom stereocenters. The Balaban J connectivity index is 2.58. The van der Waals surface area contributed by atoms with Crippen LogP contribution in [0.2, 0.25) is 0 Å². The Morgan fingerprint density at radius 2 is 2.33 bits per heavy atom. The van der Waals surface area contributed by atoms with Crippen LogP contribution in [0.4, 0.5) is 5.82 Å². The molecule has 4 N–H and O–H groups in total. The molecular formula is C10H15N5. The Labute approximate surface area is 88.1 Å². The Kier molecular flexibility index (Phi) is 2.55. The van der Waals surface area contributed by atoms with Crippen LogP contribution in [0.15, 0.2) is 12.3 Å². The monoisotopic (exact) mass is 205 g/mol. The van der Waals surface area contributed by atoms with Crippen LogP contribution in [0.5, 0.6) is 0 Å². The lowest BCUT2D eigenvalue weighted by molar-refractivity contribution is 0.683. The average Bonchev–Trinajstić information content (AvgIpc) is 2.74. The zero-order valence-corrected chi connectivity index (χ0v) is 8.91. The molecular weight excluding hydrogens is 190 g/mol. The number of aromatic amines is 1. The van der Waals surface area contributed by atoms with Gasteiger partial charge in [-0.25, -0.2) is 15.8 Å². The highest BCUT2D eigenvalue weighted by Gasteiger charge is 2.11. The normalized spacial score (nSPS) is 13.0. The predicted octanol–water partition coefficient (Wildman–Crippen LogP) is 1.76. The minimum absolute atomic E-state index is 0.338. The van der Waals surface area contributed by atoms with Crippen molar-refractivity contribution in [2.45, 2.75) is 26.2 Å². The van der Waals surface area contributed by atoms with Crippen molar-refractivity contribution in [2.24, 2.45) is 5.84 Å². The number of hydrogen-bond acceptors (Lipinski definition) is 4. The van der Waals surface area contributed by atoms with Crippen LogP contribution in [0.25, 0.3) is 11.0 Å². The van der Waals surface area contributed by atoms with Crippen LogP contribution in [0.1, 0.15) is 32.0 Å². The first-order chi connectivity index (χ1) is 7.26. The molecule has 0 bridgehead atoms. The topological polar surface area (TPSA) is 79.6 Å². The molecule has 0 aliphatic heterocycles. The van der Waals surface area contributed by atoms with E-state index in [0.717, 1.165) is 23.3 Å². The largest absolute Gasteiger partial charge is 0.346 e. The molecule has 0 fully saturated rings. The van der Waals surface area contributed by atoms with Gasteiger partial charge in [0.1, 0.15) is 11.5 Å². The van der Waals surface area contributed by atoms with Crippen LogP contribution >= 0.6 is 0 Å². The van der Waals surface area contributed by atoms with Crippen molar-refractivity contribution in [3.8, 4) is 0 Å². The third kappa shape index (κ3) is 1.66. The summed E-state index contributed by atoms with van der Waals surface area (Å²) in [6, 6.07) is 1.91. The summed E-state index contributed by atoms with van der Waals surface area (Å²) in [5.74, 6) is 7.27. The van der Waals surface area contributed by atoms with Crippen LogP contribution < -0.4 is 11.3 Å². The van der Waals surface area contributed by atoms with Crippen LogP contribution in [0, 0.1) is 0 Å². The number of rotatable bonds is 3. The number of nitrogens with one attached hydrogen (secondary N) is 2. The lowest BCUT2D eigenvalue weighted by atomic mass is 10.1. The maximum absolute atomic E-state index is 5.43. The number of hydrogen-bond donors (Lipinski definition) is 3. The van der Waals surface area contributed by atoms with Gasteiger partial charge in [-0.1, -0.05) is 13.8 Å². The molecule has 2 aromatic rings. The maximum atomic E-state index is 5.43. The van der Waals surface area contributed by atoms with Crippen LogP contribution in [-0.2, 0) is 0 Å². The highest BCUT2D eigenvalue weighted by Crippen LogP contribution is 2.22. The van der Waals surface area contributed by atoms with E-state index in [4.69, 9.17) is 5.84 Å². The summed E-state index contributed by atoms with van der Waals surface area (Å²) < 4.78 is 0. The number of hydrazine groups is 1. The van der Waals surface area contributed by atoms with E-state index in [1.54, 1.807) is 0 Å². The molecule has 0 aliphatic rings. The minimum Gasteiger partial charge on any atom is -0.346 e. The quantitative estimate of drug-likeness (QED) is 0.527. The van der Waals surface area contributed by atoms with Crippen molar-refractivity contribution < 1.29 is 0 Å². The average molecular weight is 205 g/mol. The van der Waals surface area contributed by atoms with E-state index in [0.29, 0.717) is 11.7 Å². The van der Waals surface area contributed by atoms with E-state index in [1.165, 1.54) is 0 Å². The molecule has 5 heteroatoms. The first-order valence-corrected chi connectivity index (χ1v) is 5.08. The minimum atomic E-state index is 0.338. The molecule has 0 aliphatic carbocycles. The Bertz CT molecular complexity index is 462. The number of nitrogens with two attached hydrogens (primary N) is 1. The van der Waals surface area contributed by atoms with Gasteiger partial charge in [0.15, 0.2) is 5.82 Å². The summed E-state index contributed by atoms with van der Waals surface area (Å²) in [6.07, 6.45) is 2.84. The molecule has 2 heterocycles. The van der Waals surface area contributed by atoms with E-state index in [2.05, 4.69) is 34.2 Å². The van der Waals surface area contributed by atoms with Gasteiger partial charge in [-0.2, -0.15) is 0 Å². The highest BCUT2D eigenvalue weighted by atomic mass is 15.3. The first-order valence-electron chi connectivity index (χ1n) is 5.08. The highest BCUT2D eigenvalue weighted by molar-refractivity contribution is 5.86. The second-order valence-electron chi connectivity index (χ2n) is 3.62. The first kappa shape index (κ1) is 9.92. The third-order valence-electron chi connectivity index (χ3n) is 2.62. The number of anilines is 1. The maximum Gasteiger partial charge on any atom is 0.153 e. The molecule has 0 aromatic carbocycles. The predicted molar refractivity (Wildman–Crippen MR) is 60.4 cm³/mol. The summed E-state index contributed by atoms with van der Waals surface area (Å²) in [6.45, 7) is 4.22. The fourth-order valence-corrected chi connectivity index (χ4v) is 1.47. The Hall–Kier alpha value is -1.62. The Morgan fingerprint density at radius 1 is 1.53 bits per heavy atom. The van der Waals surface area contributed by atoms with E-state index in [1.807, 2.05) is 12.3 Å². The van der Waals surface area contributed by atoms with Gasteiger partial charge >= 0.3 is 0 Å². The molecule has 0 amide bonds. The number of aromatic nitrogens is 3. The van der Waals surface area contributed by atoms with Crippen LogP contribution in [0.3, 0.4) is 0 Å². The van der Waals surface area contributed by atoms with Gasteiger partial charge < -0.3 is 10.4 Å². The van der Waals surface area contributed by atoms with Gasteiger partial charge in [0.05, 0.1) is 5.39 Å². The zero-order valence-electron chi connectivity index (χ0n) is 8.91. The zero-order chi connectivity index (χ0) is 10.8. The summed E-state index contributed by atoms with van der Waals surface area (Å²) in [5.41, 5.74) is 3.43. The number of H-pyrrole nitrogens is 1. The van der Waals surface area contributed by atoms with Crippen molar-refractivity contribution in [1.82, 2.24) is 15.0 Å². The molecule has 2 rings (SSSR count). The van der Waals surface area contributed by atoms with E-state index < -0.39 is 0 Å². The fourth-order valence-electron chi connectivity index (χ4n) is 1.47. The number of nitrogen functional groups attached to an aromatic ring is 1. The third-order valence-corrected chi connectivity index (χ3v) is 2.62. The van der Waals surface area contributed by atoms with Gasteiger partial charge in [0.25, 0.3) is 0 Å². The molecule has 2 aromatic heterocycles. The van der Waals surface area contributed by atoms with Crippen LogP contribution in [-0.4, -0.2) is 15.0 Å². The van der Waals surface area contributed by atoms with Gasteiger partial charge in [0.2, 0.25) is 0 Å². The van der Waals surface area contributed by atoms with Crippen molar-refractivity contribution >= 4 is 16.9 Å². The second kappa shape index (κ2) is 3.86. The molecule has 5 nitrogen and oxygen atoms in total. The summed E-state index contributed by atoms with van der Waals surface area (Å²) >= 11 is 0. The SMILES string of the molecule is CC[C@@H](C)c1nc(NN)c2cc[nH]c2n1. The van der Waals surface area contributed by atoms with Crippen molar-refractivity contribution in [3.05, 3.63) is 18.1 Å². The second-order valence-corrected chi connectivity index (χ2v) is 3.62. The lowest BCUT2D eigenvalue weighted by Gasteiger charge is -2.09. The summed E-state index contributed by atoms with van der Waals surface area (Å²) in [7, 11) is 0. The molecule has 1 atom stereocenters. The van der Waals surface area contributed by atoms with E-state index in [9.17, 15) is 0 Å². The molecule has 80 valence electrons. The van der Waals surface area contributed by atoms with Gasteiger partial charge in [-0.15, -0.1) is 0 Å². The van der Waals surface area contributed by atoms with Gasteiger partial charge in [-0.3, -0.25) is 0 Å².